The Morgan fingerprint density at radius 1 is 1.85 bits per heavy atom. The van der Waals surface area contributed by atoms with Crippen molar-refractivity contribution in [1.82, 2.24) is 10.6 Å². The van der Waals surface area contributed by atoms with Gasteiger partial charge in [-0.1, -0.05) is 0 Å². The van der Waals surface area contributed by atoms with Crippen LogP contribution in [-0.2, 0) is 9.53 Å². The molecule has 0 aromatic carbocycles. The van der Waals surface area contributed by atoms with Crippen molar-refractivity contribution in [2.75, 3.05) is 26.8 Å². The molecule has 0 saturated carbocycles. The molecule has 1 saturated heterocycles. The second-order valence-electron chi connectivity index (χ2n) is 3.05. The largest absolute Gasteiger partial charge is 0.395 e. The summed E-state index contributed by atoms with van der Waals surface area (Å²) in [5.74, 6) is -0.0834. The highest BCUT2D eigenvalue weighted by Crippen LogP contribution is 2.05. The molecule has 0 unspecified atom stereocenters. The summed E-state index contributed by atoms with van der Waals surface area (Å²) < 4.78 is 5.26. The Kier molecular flexibility index (Phi) is 4.14. The van der Waals surface area contributed by atoms with Gasteiger partial charge in [0, 0.05) is 19.0 Å². The molecular weight excluding hydrogens is 172 g/mol. The Morgan fingerprint density at radius 3 is 3.15 bits per heavy atom. The molecule has 1 heterocycles. The smallest absolute Gasteiger partial charge is 0.249 e. The predicted molar refractivity (Wildman–Crippen MR) is 47.3 cm³/mol. The third kappa shape index (κ3) is 2.95. The lowest BCUT2D eigenvalue weighted by Crippen LogP contribution is -2.47. The molecule has 0 bridgehead atoms. The first kappa shape index (κ1) is 10.4. The van der Waals surface area contributed by atoms with Gasteiger partial charge in [-0.3, -0.25) is 4.79 Å². The van der Waals surface area contributed by atoms with Gasteiger partial charge in [-0.25, -0.2) is 0 Å². The molecule has 5 nitrogen and oxygen atoms in total. The maximum absolute atomic E-state index is 11.2. The Bertz CT molecular complexity index is 171. The molecule has 0 aromatic heterocycles. The SMILES string of the molecule is CN[C@H](CO)C[C@@H]1OCCNC1=O. The lowest BCUT2D eigenvalue weighted by Gasteiger charge is -2.25. The van der Waals surface area contributed by atoms with Crippen molar-refractivity contribution in [2.45, 2.75) is 18.6 Å². The van der Waals surface area contributed by atoms with Crippen molar-refractivity contribution < 1.29 is 14.6 Å². The van der Waals surface area contributed by atoms with E-state index < -0.39 is 6.10 Å². The van der Waals surface area contributed by atoms with Crippen LogP contribution >= 0.6 is 0 Å². The van der Waals surface area contributed by atoms with Crippen molar-refractivity contribution in [2.24, 2.45) is 0 Å². The number of ether oxygens (including phenoxy) is 1. The van der Waals surface area contributed by atoms with Gasteiger partial charge in [0.2, 0.25) is 5.91 Å². The third-order valence-corrected chi connectivity index (χ3v) is 2.14. The summed E-state index contributed by atoms with van der Waals surface area (Å²) in [7, 11) is 1.75. The van der Waals surface area contributed by atoms with Crippen LogP contribution in [-0.4, -0.2) is 50.0 Å². The van der Waals surface area contributed by atoms with Gasteiger partial charge in [0.15, 0.2) is 0 Å². The van der Waals surface area contributed by atoms with Gasteiger partial charge in [-0.2, -0.15) is 0 Å². The molecule has 0 aromatic rings. The molecule has 5 heteroatoms. The lowest BCUT2D eigenvalue weighted by atomic mass is 10.1. The van der Waals surface area contributed by atoms with E-state index in [1.54, 1.807) is 7.05 Å². The predicted octanol–water partition coefficient (Wildman–Crippen LogP) is -1.53. The molecule has 3 N–H and O–H groups in total. The molecule has 76 valence electrons. The van der Waals surface area contributed by atoms with E-state index in [9.17, 15) is 4.79 Å². The summed E-state index contributed by atoms with van der Waals surface area (Å²) in [5, 5.41) is 14.5. The molecule has 1 rings (SSSR count). The highest BCUT2D eigenvalue weighted by atomic mass is 16.5. The molecule has 0 aliphatic carbocycles. The van der Waals surface area contributed by atoms with Gasteiger partial charge in [0.1, 0.15) is 6.10 Å². The van der Waals surface area contributed by atoms with Gasteiger partial charge in [0.05, 0.1) is 13.2 Å². The number of hydrogen-bond donors (Lipinski definition) is 3. The van der Waals surface area contributed by atoms with Crippen molar-refractivity contribution in [3.8, 4) is 0 Å². The van der Waals surface area contributed by atoms with Crippen LogP contribution in [0.1, 0.15) is 6.42 Å². The molecule has 13 heavy (non-hydrogen) atoms. The number of amides is 1. The minimum absolute atomic E-state index is 0.0175. The molecule has 1 fully saturated rings. The summed E-state index contributed by atoms with van der Waals surface area (Å²) in [6.07, 6.45) is 0.0945. The van der Waals surface area contributed by atoms with E-state index >= 15 is 0 Å². The van der Waals surface area contributed by atoms with Crippen LogP contribution in [0.5, 0.6) is 0 Å². The van der Waals surface area contributed by atoms with Gasteiger partial charge in [-0.05, 0) is 7.05 Å². The number of likely N-dealkylation sites (N-methyl/N-ethyl adjacent to an activating group) is 1. The fraction of sp³-hybridized carbons (Fsp3) is 0.875. The van der Waals surface area contributed by atoms with Gasteiger partial charge in [-0.15, -0.1) is 0 Å². The lowest BCUT2D eigenvalue weighted by molar-refractivity contribution is -0.138. The Hall–Kier alpha value is -0.650. The first-order valence-corrected chi connectivity index (χ1v) is 4.45. The van der Waals surface area contributed by atoms with Crippen LogP contribution in [0.3, 0.4) is 0 Å². The third-order valence-electron chi connectivity index (χ3n) is 2.14. The Balaban J connectivity index is 2.36. The maximum atomic E-state index is 11.2. The topological polar surface area (TPSA) is 70.6 Å². The summed E-state index contributed by atoms with van der Waals surface area (Å²) in [6.45, 7) is 1.15. The zero-order chi connectivity index (χ0) is 9.68. The summed E-state index contributed by atoms with van der Waals surface area (Å²) in [4.78, 5) is 11.2. The highest BCUT2D eigenvalue weighted by Gasteiger charge is 2.25. The Labute approximate surface area is 77.5 Å². The first-order valence-electron chi connectivity index (χ1n) is 4.45. The van der Waals surface area contributed by atoms with Crippen molar-refractivity contribution in [3.63, 3.8) is 0 Å². The van der Waals surface area contributed by atoms with Crippen LogP contribution in [0.2, 0.25) is 0 Å². The average Bonchev–Trinajstić information content (AvgIpc) is 2.17. The van der Waals surface area contributed by atoms with Crippen molar-refractivity contribution in [1.29, 1.82) is 0 Å². The van der Waals surface area contributed by atoms with Crippen LogP contribution in [0.4, 0.5) is 0 Å². The highest BCUT2D eigenvalue weighted by molar-refractivity contribution is 5.81. The summed E-state index contributed by atoms with van der Waals surface area (Å²) >= 11 is 0. The number of hydrogen-bond acceptors (Lipinski definition) is 4. The Morgan fingerprint density at radius 2 is 2.62 bits per heavy atom. The number of carbonyl (C=O) groups is 1. The van der Waals surface area contributed by atoms with Crippen LogP contribution in [0, 0.1) is 0 Å². The minimum Gasteiger partial charge on any atom is -0.395 e. The van der Waals surface area contributed by atoms with Gasteiger partial charge < -0.3 is 20.5 Å². The zero-order valence-corrected chi connectivity index (χ0v) is 7.75. The van der Waals surface area contributed by atoms with E-state index in [-0.39, 0.29) is 18.6 Å². The standard InChI is InChI=1S/C8H16N2O3/c1-9-6(5-11)4-7-8(12)10-2-3-13-7/h6-7,9,11H,2-5H2,1H3,(H,10,12)/t6-,7-/m0/s1. The van der Waals surface area contributed by atoms with Crippen LogP contribution in [0.15, 0.2) is 0 Å². The molecule has 1 amide bonds. The number of nitrogens with one attached hydrogen (secondary N) is 2. The fourth-order valence-corrected chi connectivity index (χ4v) is 1.28. The maximum Gasteiger partial charge on any atom is 0.249 e. The number of carbonyl (C=O) groups excluding carboxylic acids is 1. The van der Waals surface area contributed by atoms with Crippen LogP contribution in [0.25, 0.3) is 0 Å². The van der Waals surface area contributed by atoms with E-state index in [1.165, 1.54) is 0 Å². The number of aliphatic hydroxyl groups is 1. The van der Waals surface area contributed by atoms with Crippen molar-refractivity contribution in [3.05, 3.63) is 0 Å². The fourth-order valence-electron chi connectivity index (χ4n) is 1.28. The summed E-state index contributed by atoms with van der Waals surface area (Å²) in [6, 6.07) is -0.0751. The molecule has 2 atom stereocenters. The molecule has 0 radical (unpaired) electrons. The van der Waals surface area contributed by atoms with E-state index in [4.69, 9.17) is 9.84 Å². The number of aliphatic hydroxyl groups excluding tert-OH is 1. The molecular formula is C8H16N2O3. The minimum atomic E-state index is -0.418. The van der Waals surface area contributed by atoms with Crippen molar-refractivity contribution >= 4 is 5.91 Å². The van der Waals surface area contributed by atoms with E-state index in [2.05, 4.69) is 10.6 Å². The van der Waals surface area contributed by atoms with Gasteiger partial charge >= 0.3 is 0 Å². The van der Waals surface area contributed by atoms with E-state index in [1.807, 2.05) is 0 Å². The first-order chi connectivity index (χ1) is 6.27. The number of rotatable bonds is 4. The quantitative estimate of drug-likeness (QED) is 0.500. The number of morpholine rings is 1. The summed E-state index contributed by atoms with van der Waals surface area (Å²) in [5.41, 5.74) is 0. The monoisotopic (exact) mass is 188 g/mol. The average molecular weight is 188 g/mol. The van der Waals surface area contributed by atoms with E-state index in [0.29, 0.717) is 19.6 Å². The van der Waals surface area contributed by atoms with Gasteiger partial charge in [0.25, 0.3) is 0 Å². The second kappa shape index (κ2) is 5.16. The zero-order valence-electron chi connectivity index (χ0n) is 7.75. The molecule has 1 aliphatic rings. The molecule has 0 spiro atoms. The van der Waals surface area contributed by atoms with Crippen LogP contribution < -0.4 is 10.6 Å². The molecule has 1 aliphatic heterocycles. The van der Waals surface area contributed by atoms with E-state index in [0.717, 1.165) is 0 Å². The second-order valence-corrected chi connectivity index (χ2v) is 3.05. The normalized spacial score (nSPS) is 25.4.